The van der Waals surface area contributed by atoms with Gasteiger partial charge in [0.05, 0.1) is 0 Å². The number of carbonyl (C=O) groups is 2. The highest BCUT2D eigenvalue weighted by Crippen LogP contribution is 2.14. The van der Waals surface area contributed by atoms with Crippen LogP contribution in [0.15, 0.2) is 24.3 Å². The Morgan fingerprint density at radius 3 is 2.67 bits per heavy atom. The first-order valence-corrected chi connectivity index (χ1v) is 7.47. The van der Waals surface area contributed by atoms with Crippen molar-refractivity contribution in [2.75, 3.05) is 20.1 Å². The average Bonchev–Trinajstić information content (AvgIpc) is 3.04. The zero-order chi connectivity index (χ0) is 15.1. The van der Waals surface area contributed by atoms with Crippen LogP contribution in [0.2, 0.25) is 0 Å². The van der Waals surface area contributed by atoms with Crippen molar-refractivity contribution in [1.82, 2.24) is 16.0 Å². The monoisotopic (exact) mass is 289 g/mol. The van der Waals surface area contributed by atoms with Gasteiger partial charge in [-0.25, -0.2) is 0 Å². The fourth-order valence-corrected chi connectivity index (χ4v) is 2.50. The van der Waals surface area contributed by atoms with Crippen LogP contribution in [0.3, 0.4) is 0 Å². The molecule has 1 aliphatic heterocycles. The number of rotatable bonds is 6. The van der Waals surface area contributed by atoms with Crippen LogP contribution < -0.4 is 16.0 Å². The second-order valence-electron chi connectivity index (χ2n) is 5.45. The summed E-state index contributed by atoms with van der Waals surface area (Å²) in [5.74, 6) is 0.635. The summed E-state index contributed by atoms with van der Waals surface area (Å²) in [5.41, 5.74) is 1.62. The van der Waals surface area contributed by atoms with E-state index in [2.05, 4.69) is 16.0 Å². The molecule has 1 aromatic carbocycles. The molecular weight excluding hydrogens is 266 g/mol. The Labute approximate surface area is 125 Å². The molecule has 5 heteroatoms. The second-order valence-corrected chi connectivity index (χ2v) is 5.45. The van der Waals surface area contributed by atoms with E-state index in [9.17, 15) is 9.59 Å². The molecule has 0 spiro atoms. The van der Waals surface area contributed by atoms with Crippen molar-refractivity contribution in [2.45, 2.75) is 25.8 Å². The van der Waals surface area contributed by atoms with Gasteiger partial charge in [-0.1, -0.05) is 12.1 Å². The van der Waals surface area contributed by atoms with E-state index in [0.717, 1.165) is 25.1 Å². The molecule has 1 unspecified atom stereocenters. The summed E-state index contributed by atoms with van der Waals surface area (Å²) >= 11 is 0. The highest BCUT2D eigenvalue weighted by atomic mass is 16.2. The van der Waals surface area contributed by atoms with Gasteiger partial charge in [-0.15, -0.1) is 0 Å². The minimum absolute atomic E-state index is 0.0947. The molecule has 2 rings (SSSR count). The van der Waals surface area contributed by atoms with Crippen LogP contribution in [0.25, 0.3) is 0 Å². The van der Waals surface area contributed by atoms with Gasteiger partial charge in [0.2, 0.25) is 5.91 Å². The molecule has 21 heavy (non-hydrogen) atoms. The fourth-order valence-electron chi connectivity index (χ4n) is 2.50. The molecule has 0 aromatic heterocycles. The van der Waals surface area contributed by atoms with Gasteiger partial charge in [0.25, 0.3) is 5.91 Å². The van der Waals surface area contributed by atoms with Gasteiger partial charge >= 0.3 is 0 Å². The van der Waals surface area contributed by atoms with Gasteiger partial charge in [-0.2, -0.15) is 0 Å². The average molecular weight is 289 g/mol. The van der Waals surface area contributed by atoms with Gasteiger partial charge in [0.1, 0.15) is 0 Å². The first-order valence-electron chi connectivity index (χ1n) is 7.47. The van der Waals surface area contributed by atoms with E-state index < -0.39 is 0 Å². The summed E-state index contributed by atoms with van der Waals surface area (Å²) in [7, 11) is 1.61. The summed E-state index contributed by atoms with van der Waals surface area (Å²) in [6.07, 6.45) is 2.71. The third-order valence-electron chi connectivity index (χ3n) is 3.87. The maximum atomic E-state index is 11.8. The van der Waals surface area contributed by atoms with Gasteiger partial charge in [-0.3, -0.25) is 9.59 Å². The van der Waals surface area contributed by atoms with Crippen molar-refractivity contribution in [3.05, 3.63) is 35.4 Å². The van der Waals surface area contributed by atoms with Crippen LogP contribution in [0.1, 0.15) is 35.2 Å². The fraction of sp³-hybridized carbons (Fsp3) is 0.500. The zero-order valence-corrected chi connectivity index (χ0v) is 12.4. The lowest BCUT2D eigenvalue weighted by atomic mass is 10.0. The van der Waals surface area contributed by atoms with Crippen LogP contribution in [-0.4, -0.2) is 32.0 Å². The normalized spacial score (nSPS) is 17.5. The van der Waals surface area contributed by atoms with Crippen LogP contribution in [0, 0.1) is 5.92 Å². The summed E-state index contributed by atoms with van der Waals surface area (Å²) in [6, 6.07) is 7.27. The minimum Gasteiger partial charge on any atom is -0.355 e. The maximum absolute atomic E-state index is 11.8. The van der Waals surface area contributed by atoms with Crippen molar-refractivity contribution in [3.8, 4) is 0 Å². The summed E-state index contributed by atoms with van der Waals surface area (Å²) < 4.78 is 0. The molecule has 5 nitrogen and oxygen atoms in total. The summed E-state index contributed by atoms with van der Waals surface area (Å²) in [6.45, 7) is 2.62. The van der Waals surface area contributed by atoms with Crippen LogP contribution in [-0.2, 0) is 11.3 Å². The van der Waals surface area contributed by atoms with Gasteiger partial charge < -0.3 is 16.0 Å². The second kappa shape index (κ2) is 7.78. The van der Waals surface area contributed by atoms with Crippen molar-refractivity contribution in [1.29, 1.82) is 0 Å². The van der Waals surface area contributed by atoms with Gasteiger partial charge in [0.15, 0.2) is 0 Å². The number of hydrogen-bond donors (Lipinski definition) is 3. The van der Waals surface area contributed by atoms with E-state index in [1.165, 1.54) is 6.42 Å². The molecule has 2 amide bonds. The largest absolute Gasteiger partial charge is 0.355 e. The minimum atomic E-state index is -0.101. The lowest BCUT2D eigenvalue weighted by Gasteiger charge is -2.09. The van der Waals surface area contributed by atoms with Crippen molar-refractivity contribution in [2.24, 2.45) is 5.92 Å². The SMILES string of the molecule is CNC(=O)c1ccc(CNC(=O)CCC2CCNC2)cc1. The van der Waals surface area contributed by atoms with Gasteiger partial charge in [-0.05, 0) is 49.5 Å². The molecule has 0 radical (unpaired) electrons. The Morgan fingerprint density at radius 1 is 1.29 bits per heavy atom. The van der Waals surface area contributed by atoms with Crippen molar-refractivity contribution < 1.29 is 9.59 Å². The number of carbonyl (C=O) groups excluding carboxylic acids is 2. The van der Waals surface area contributed by atoms with E-state index in [1.807, 2.05) is 12.1 Å². The first kappa shape index (κ1) is 15.5. The number of benzene rings is 1. The summed E-state index contributed by atoms with van der Waals surface area (Å²) in [5, 5.41) is 8.81. The Bertz CT molecular complexity index is 479. The maximum Gasteiger partial charge on any atom is 0.251 e. The number of amides is 2. The molecule has 0 saturated carbocycles. The summed E-state index contributed by atoms with van der Waals surface area (Å²) in [4.78, 5) is 23.2. The zero-order valence-electron chi connectivity index (χ0n) is 12.4. The lowest BCUT2D eigenvalue weighted by Crippen LogP contribution is -2.23. The van der Waals surface area contributed by atoms with E-state index in [4.69, 9.17) is 0 Å². The van der Waals surface area contributed by atoms with Gasteiger partial charge in [0, 0.05) is 25.6 Å². The smallest absolute Gasteiger partial charge is 0.251 e. The lowest BCUT2D eigenvalue weighted by molar-refractivity contribution is -0.121. The molecule has 1 atom stereocenters. The Morgan fingerprint density at radius 2 is 2.05 bits per heavy atom. The van der Waals surface area contributed by atoms with Crippen molar-refractivity contribution >= 4 is 11.8 Å². The molecule has 1 fully saturated rings. The molecule has 1 saturated heterocycles. The van der Waals surface area contributed by atoms with Crippen molar-refractivity contribution in [3.63, 3.8) is 0 Å². The molecule has 1 aromatic rings. The molecule has 114 valence electrons. The highest BCUT2D eigenvalue weighted by Gasteiger charge is 2.15. The molecular formula is C16H23N3O2. The number of hydrogen-bond acceptors (Lipinski definition) is 3. The molecule has 1 heterocycles. The molecule has 1 aliphatic rings. The Balaban J connectivity index is 1.71. The Kier molecular flexibility index (Phi) is 5.75. The van der Waals surface area contributed by atoms with E-state index in [0.29, 0.717) is 24.4 Å². The van der Waals surface area contributed by atoms with Crippen LogP contribution in [0.5, 0.6) is 0 Å². The Hall–Kier alpha value is -1.88. The van der Waals surface area contributed by atoms with Crippen LogP contribution in [0.4, 0.5) is 0 Å². The van der Waals surface area contributed by atoms with Crippen LogP contribution >= 0.6 is 0 Å². The standard InChI is InChI=1S/C16H23N3O2/c1-17-16(21)14-5-2-12(3-6-14)11-19-15(20)7-4-13-8-9-18-10-13/h2-3,5-6,13,18H,4,7-11H2,1H3,(H,17,21)(H,19,20). The third-order valence-corrected chi connectivity index (χ3v) is 3.87. The molecule has 0 aliphatic carbocycles. The highest BCUT2D eigenvalue weighted by molar-refractivity contribution is 5.93. The van der Waals surface area contributed by atoms with E-state index in [1.54, 1.807) is 19.2 Å². The quantitative estimate of drug-likeness (QED) is 0.733. The molecule has 0 bridgehead atoms. The molecule has 3 N–H and O–H groups in total. The topological polar surface area (TPSA) is 70.2 Å². The first-order chi connectivity index (χ1) is 10.2. The van der Waals surface area contributed by atoms with E-state index >= 15 is 0 Å². The van der Waals surface area contributed by atoms with E-state index in [-0.39, 0.29) is 11.8 Å². The number of nitrogens with one attached hydrogen (secondary N) is 3. The predicted molar refractivity (Wildman–Crippen MR) is 81.9 cm³/mol. The third kappa shape index (κ3) is 4.86. The predicted octanol–water partition coefficient (Wildman–Crippen LogP) is 1.05.